The lowest BCUT2D eigenvalue weighted by molar-refractivity contribution is 0.104. The highest BCUT2D eigenvalue weighted by molar-refractivity contribution is 6.04. The van der Waals surface area contributed by atoms with Crippen LogP contribution < -0.4 is 0 Å². The van der Waals surface area contributed by atoms with E-state index < -0.39 is 0 Å². The maximum Gasteiger partial charge on any atom is 0.188 e. The Hall–Kier alpha value is -1.51. The van der Waals surface area contributed by atoms with Crippen LogP contribution in [0.2, 0.25) is 0 Å². The first-order valence-electron chi connectivity index (χ1n) is 4.12. The summed E-state index contributed by atoms with van der Waals surface area (Å²) in [6, 6.07) is 0. The molecule has 0 aliphatic heterocycles. The largest absolute Gasteiger partial charge is 0.289 e. The van der Waals surface area contributed by atoms with Crippen LogP contribution in [0.3, 0.4) is 0 Å². The Morgan fingerprint density at radius 2 is 2.15 bits per heavy atom. The van der Waals surface area contributed by atoms with Crippen molar-refractivity contribution < 1.29 is 4.79 Å². The molecule has 0 bridgehead atoms. The lowest BCUT2D eigenvalue weighted by Crippen LogP contribution is -2.02. The third-order valence-electron chi connectivity index (χ3n) is 1.68. The van der Waals surface area contributed by atoms with E-state index in [-0.39, 0.29) is 5.78 Å². The Kier molecular flexibility index (Phi) is 2.90. The fraction of sp³-hybridized carbons (Fsp3) is 0.300. The lowest BCUT2D eigenvalue weighted by atomic mass is 10.1. The molecule has 0 N–H and O–H groups in total. The van der Waals surface area contributed by atoms with Crippen molar-refractivity contribution in [2.45, 2.75) is 20.8 Å². The molecule has 3 heteroatoms. The van der Waals surface area contributed by atoms with E-state index in [0.29, 0.717) is 11.4 Å². The molecular formula is C10H12N2O. The van der Waals surface area contributed by atoms with Gasteiger partial charge in [-0.1, -0.05) is 6.08 Å². The summed E-state index contributed by atoms with van der Waals surface area (Å²) in [5.74, 6) is 0.648. The highest BCUT2D eigenvalue weighted by Crippen LogP contribution is 2.05. The van der Waals surface area contributed by atoms with Gasteiger partial charge in [0.15, 0.2) is 5.78 Å². The summed E-state index contributed by atoms with van der Waals surface area (Å²) >= 11 is 0. The number of aryl methyl sites for hydroxylation is 2. The Bertz CT molecular complexity index is 356. The summed E-state index contributed by atoms with van der Waals surface area (Å²) < 4.78 is 0. The van der Waals surface area contributed by atoms with Crippen LogP contribution in [0.5, 0.6) is 0 Å². The highest BCUT2D eigenvalue weighted by Gasteiger charge is 2.06. The SMILES string of the molecule is CC=CC(=O)c1cnc(C)nc1C. The summed E-state index contributed by atoms with van der Waals surface area (Å²) in [7, 11) is 0. The standard InChI is InChI=1S/C10H12N2O/c1-4-5-10(13)9-6-11-8(3)12-7(9)2/h4-6H,1-3H3. The van der Waals surface area contributed by atoms with Gasteiger partial charge in [0, 0.05) is 6.20 Å². The van der Waals surface area contributed by atoms with Gasteiger partial charge in [0.25, 0.3) is 0 Å². The number of carbonyl (C=O) groups excluding carboxylic acids is 1. The molecule has 0 aliphatic rings. The van der Waals surface area contributed by atoms with Crippen LogP contribution in [0.15, 0.2) is 18.3 Å². The molecule has 0 aliphatic carbocycles. The molecule has 0 radical (unpaired) electrons. The van der Waals surface area contributed by atoms with E-state index in [1.165, 1.54) is 6.08 Å². The van der Waals surface area contributed by atoms with E-state index in [9.17, 15) is 4.79 Å². The fourth-order valence-corrected chi connectivity index (χ4v) is 1.07. The summed E-state index contributed by atoms with van der Waals surface area (Å²) in [6.07, 6.45) is 4.79. The average Bonchev–Trinajstić information content (AvgIpc) is 2.04. The smallest absolute Gasteiger partial charge is 0.188 e. The molecule has 0 atom stereocenters. The van der Waals surface area contributed by atoms with Crippen LogP contribution >= 0.6 is 0 Å². The molecule has 0 saturated carbocycles. The molecule has 68 valence electrons. The first-order valence-corrected chi connectivity index (χ1v) is 4.12. The second-order valence-electron chi connectivity index (χ2n) is 2.78. The molecule has 3 nitrogen and oxygen atoms in total. The first-order chi connectivity index (χ1) is 6.15. The van der Waals surface area contributed by atoms with Crippen LogP contribution in [0.4, 0.5) is 0 Å². The van der Waals surface area contributed by atoms with Gasteiger partial charge >= 0.3 is 0 Å². The van der Waals surface area contributed by atoms with E-state index in [4.69, 9.17) is 0 Å². The number of rotatable bonds is 2. The molecule has 13 heavy (non-hydrogen) atoms. The van der Waals surface area contributed by atoms with Gasteiger partial charge in [0.1, 0.15) is 5.82 Å². The first kappa shape index (κ1) is 9.58. The van der Waals surface area contributed by atoms with Gasteiger partial charge in [0.05, 0.1) is 11.3 Å². The monoisotopic (exact) mass is 176 g/mol. The molecule has 0 unspecified atom stereocenters. The molecular weight excluding hydrogens is 164 g/mol. The number of hydrogen-bond donors (Lipinski definition) is 0. The minimum Gasteiger partial charge on any atom is -0.289 e. The zero-order valence-electron chi connectivity index (χ0n) is 8.03. The molecule has 0 aromatic carbocycles. The van der Waals surface area contributed by atoms with Crippen molar-refractivity contribution in [3.8, 4) is 0 Å². The van der Waals surface area contributed by atoms with Crippen molar-refractivity contribution in [2.24, 2.45) is 0 Å². The number of ketones is 1. The Morgan fingerprint density at radius 3 is 2.69 bits per heavy atom. The second kappa shape index (κ2) is 3.94. The van der Waals surface area contributed by atoms with E-state index >= 15 is 0 Å². The summed E-state index contributed by atoms with van der Waals surface area (Å²) in [4.78, 5) is 19.5. The van der Waals surface area contributed by atoms with Crippen molar-refractivity contribution in [3.05, 3.63) is 35.4 Å². The maximum atomic E-state index is 11.4. The maximum absolute atomic E-state index is 11.4. The highest BCUT2D eigenvalue weighted by atomic mass is 16.1. The van der Waals surface area contributed by atoms with E-state index in [1.807, 2.05) is 13.8 Å². The molecule has 1 heterocycles. The second-order valence-corrected chi connectivity index (χ2v) is 2.78. The van der Waals surface area contributed by atoms with Gasteiger partial charge in [-0.15, -0.1) is 0 Å². The zero-order chi connectivity index (χ0) is 9.84. The zero-order valence-corrected chi connectivity index (χ0v) is 8.03. The predicted octanol–water partition coefficient (Wildman–Crippen LogP) is 1.85. The number of aromatic nitrogens is 2. The van der Waals surface area contributed by atoms with E-state index in [0.717, 1.165) is 5.69 Å². The molecule has 0 spiro atoms. The predicted molar refractivity (Wildman–Crippen MR) is 50.7 cm³/mol. The average molecular weight is 176 g/mol. The number of allylic oxidation sites excluding steroid dienone is 2. The van der Waals surface area contributed by atoms with E-state index in [1.54, 1.807) is 19.2 Å². The van der Waals surface area contributed by atoms with Crippen LogP contribution in [0.1, 0.15) is 28.8 Å². The number of hydrogen-bond acceptors (Lipinski definition) is 3. The van der Waals surface area contributed by atoms with Crippen LogP contribution in [-0.4, -0.2) is 15.8 Å². The minimum atomic E-state index is -0.0417. The quantitative estimate of drug-likeness (QED) is 0.510. The molecule has 1 rings (SSSR count). The van der Waals surface area contributed by atoms with Crippen molar-refractivity contribution in [1.29, 1.82) is 0 Å². The molecule has 1 aromatic rings. The van der Waals surface area contributed by atoms with Crippen molar-refractivity contribution >= 4 is 5.78 Å². The third kappa shape index (κ3) is 2.21. The molecule has 0 saturated heterocycles. The third-order valence-corrected chi connectivity index (χ3v) is 1.68. The number of nitrogens with zero attached hydrogens (tertiary/aromatic N) is 2. The number of carbonyl (C=O) groups is 1. The van der Waals surface area contributed by atoms with Gasteiger partial charge in [-0.25, -0.2) is 9.97 Å². The van der Waals surface area contributed by atoms with Crippen LogP contribution in [0, 0.1) is 13.8 Å². The van der Waals surface area contributed by atoms with Crippen LogP contribution in [0.25, 0.3) is 0 Å². The fourth-order valence-electron chi connectivity index (χ4n) is 1.07. The lowest BCUT2D eigenvalue weighted by Gasteiger charge is -2.00. The Morgan fingerprint density at radius 1 is 1.46 bits per heavy atom. The van der Waals surface area contributed by atoms with Crippen molar-refractivity contribution in [1.82, 2.24) is 9.97 Å². The van der Waals surface area contributed by atoms with Crippen molar-refractivity contribution in [2.75, 3.05) is 0 Å². The minimum absolute atomic E-state index is 0.0417. The van der Waals surface area contributed by atoms with Gasteiger partial charge in [-0.2, -0.15) is 0 Å². The summed E-state index contributed by atoms with van der Waals surface area (Å²) in [6.45, 7) is 5.42. The summed E-state index contributed by atoms with van der Waals surface area (Å²) in [5, 5.41) is 0. The van der Waals surface area contributed by atoms with Gasteiger partial charge in [-0.05, 0) is 26.8 Å². The van der Waals surface area contributed by atoms with E-state index in [2.05, 4.69) is 9.97 Å². The Balaban J connectivity index is 3.09. The van der Waals surface area contributed by atoms with Gasteiger partial charge in [0.2, 0.25) is 0 Å². The van der Waals surface area contributed by atoms with Crippen molar-refractivity contribution in [3.63, 3.8) is 0 Å². The van der Waals surface area contributed by atoms with Gasteiger partial charge < -0.3 is 0 Å². The Labute approximate surface area is 77.5 Å². The topological polar surface area (TPSA) is 42.9 Å². The molecule has 0 amide bonds. The molecule has 0 fully saturated rings. The van der Waals surface area contributed by atoms with Gasteiger partial charge in [-0.3, -0.25) is 4.79 Å². The molecule has 1 aromatic heterocycles. The summed E-state index contributed by atoms with van der Waals surface area (Å²) in [5.41, 5.74) is 1.30. The van der Waals surface area contributed by atoms with Crippen LogP contribution in [-0.2, 0) is 0 Å². The normalized spacial score (nSPS) is 10.7.